The standard InChI is InChI=1S/C10H10N4O/c11-9(10(12)15)8-5-14-3-6-1-2-13-4-7(6)8/h1-5,9H,11H2,(H2,12,15). The molecule has 0 aliphatic carbocycles. The fraction of sp³-hybridized carbons (Fsp3) is 0.100. The Hall–Kier alpha value is -2.01. The lowest BCUT2D eigenvalue weighted by Crippen LogP contribution is -2.28. The second-order valence-electron chi connectivity index (χ2n) is 3.21. The molecule has 0 radical (unpaired) electrons. The molecule has 5 nitrogen and oxygen atoms in total. The van der Waals surface area contributed by atoms with E-state index in [-0.39, 0.29) is 0 Å². The minimum Gasteiger partial charge on any atom is -0.368 e. The zero-order chi connectivity index (χ0) is 10.8. The normalized spacial score (nSPS) is 12.6. The van der Waals surface area contributed by atoms with Crippen LogP contribution in [-0.2, 0) is 4.79 Å². The molecule has 15 heavy (non-hydrogen) atoms. The summed E-state index contributed by atoms with van der Waals surface area (Å²) in [5, 5.41) is 1.69. The molecule has 1 atom stereocenters. The first kappa shape index (κ1) is 9.54. The van der Waals surface area contributed by atoms with E-state index in [1.165, 1.54) is 0 Å². The van der Waals surface area contributed by atoms with Gasteiger partial charge in [-0.05, 0) is 6.07 Å². The molecule has 0 aromatic carbocycles. The number of nitrogens with two attached hydrogens (primary N) is 2. The average molecular weight is 202 g/mol. The predicted molar refractivity (Wildman–Crippen MR) is 55.7 cm³/mol. The Morgan fingerprint density at radius 2 is 2.07 bits per heavy atom. The molecule has 2 aromatic rings. The smallest absolute Gasteiger partial charge is 0.239 e. The zero-order valence-electron chi connectivity index (χ0n) is 7.92. The minimum absolute atomic E-state index is 0.576. The van der Waals surface area contributed by atoms with Crippen molar-refractivity contribution in [1.82, 2.24) is 9.97 Å². The van der Waals surface area contributed by atoms with Crippen LogP contribution in [0.5, 0.6) is 0 Å². The second kappa shape index (κ2) is 3.62. The predicted octanol–water partition coefficient (Wildman–Crippen LogP) is 0.115. The third-order valence-corrected chi connectivity index (χ3v) is 2.23. The molecule has 2 rings (SSSR count). The molecule has 4 N–H and O–H groups in total. The van der Waals surface area contributed by atoms with Crippen LogP contribution in [-0.4, -0.2) is 15.9 Å². The summed E-state index contributed by atoms with van der Waals surface area (Å²) >= 11 is 0. The summed E-state index contributed by atoms with van der Waals surface area (Å²) in [6.07, 6.45) is 6.53. The van der Waals surface area contributed by atoms with E-state index in [2.05, 4.69) is 9.97 Å². The van der Waals surface area contributed by atoms with E-state index >= 15 is 0 Å². The monoisotopic (exact) mass is 202 g/mol. The van der Waals surface area contributed by atoms with Crippen LogP contribution < -0.4 is 11.5 Å². The molecule has 0 saturated heterocycles. The Labute approximate surface area is 86.1 Å². The van der Waals surface area contributed by atoms with Crippen LogP contribution in [0, 0.1) is 0 Å². The topological polar surface area (TPSA) is 94.9 Å². The van der Waals surface area contributed by atoms with Crippen molar-refractivity contribution >= 4 is 16.7 Å². The van der Waals surface area contributed by atoms with Gasteiger partial charge in [-0.3, -0.25) is 14.8 Å². The number of aromatic nitrogens is 2. The molecule has 0 fully saturated rings. The molecule has 1 unspecified atom stereocenters. The van der Waals surface area contributed by atoms with Crippen LogP contribution >= 0.6 is 0 Å². The van der Waals surface area contributed by atoms with Gasteiger partial charge in [0.25, 0.3) is 0 Å². The molecule has 1 amide bonds. The Kier molecular flexibility index (Phi) is 2.31. The first-order chi connectivity index (χ1) is 7.20. The lowest BCUT2D eigenvalue weighted by atomic mass is 10.0. The third-order valence-electron chi connectivity index (χ3n) is 2.23. The van der Waals surface area contributed by atoms with Gasteiger partial charge in [0.2, 0.25) is 5.91 Å². The highest BCUT2D eigenvalue weighted by Gasteiger charge is 2.15. The Morgan fingerprint density at radius 3 is 2.80 bits per heavy atom. The maximum absolute atomic E-state index is 11.0. The van der Waals surface area contributed by atoms with Gasteiger partial charge < -0.3 is 11.5 Å². The number of amides is 1. The molecule has 0 spiro atoms. The molecule has 2 heterocycles. The van der Waals surface area contributed by atoms with Gasteiger partial charge in [0.15, 0.2) is 0 Å². The fourth-order valence-electron chi connectivity index (χ4n) is 1.43. The van der Waals surface area contributed by atoms with Crippen LogP contribution in [0.4, 0.5) is 0 Å². The molecule has 0 bridgehead atoms. The Bertz CT molecular complexity index is 506. The minimum atomic E-state index is -0.842. The summed E-state index contributed by atoms with van der Waals surface area (Å²) in [6, 6.07) is 0.963. The number of nitrogens with zero attached hydrogens (tertiary/aromatic N) is 2. The van der Waals surface area contributed by atoms with Crippen LogP contribution in [0.25, 0.3) is 10.8 Å². The molecular weight excluding hydrogens is 192 g/mol. The Morgan fingerprint density at radius 1 is 1.27 bits per heavy atom. The van der Waals surface area contributed by atoms with Crippen molar-refractivity contribution in [2.45, 2.75) is 6.04 Å². The third kappa shape index (κ3) is 1.64. The van der Waals surface area contributed by atoms with Gasteiger partial charge in [-0.25, -0.2) is 0 Å². The second-order valence-corrected chi connectivity index (χ2v) is 3.21. The number of hydrogen-bond acceptors (Lipinski definition) is 4. The molecule has 0 aliphatic rings. The van der Waals surface area contributed by atoms with E-state index in [9.17, 15) is 4.79 Å². The van der Waals surface area contributed by atoms with Gasteiger partial charge >= 0.3 is 0 Å². The van der Waals surface area contributed by atoms with E-state index < -0.39 is 11.9 Å². The molecule has 0 saturated carbocycles. The van der Waals surface area contributed by atoms with Crippen molar-refractivity contribution in [3.05, 3.63) is 36.4 Å². The van der Waals surface area contributed by atoms with E-state index in [1.54, 1.807) is 30.9 Å². The van der Waals surface area contributed by atoms with Gasteiger partial charge in [0.05, 0.1) is 0 Å². The lowest BCUT2D eigenvalue weighted by molar-refractivity contribution is -0.119. The number of carbonyl (C=O) groups excluding carboxylic acids is 1. The lowest BCUT2D eigenvalue weighted by Gasteiger charge is -2.09. The van der Waals surface area contributed by atoms with Crippen LogP contribution in [0.3, 0.4) is 0 Å². The molecular formula is C10H10N4O. The summed E-state index contributed by atoms with van der Waals surface area (Å²) in [4.78, 5) is 19.0. The maximum Gasteiger partial charge on any atom is 0.239 e. The summed E-state index contributed by atoms with van der Waals surface area (Å²) < 4.78 is 0. The van der Waals surface area contributed by atoms with Gasteiger partial charge in [-0.15, -0.1) is 0 Å². The van der Waals surface area contributed by atoms with E-state index in [1.807, 2.05) is 0 Å². The quantitative estimate of drug-likeness (QED) is 0.722. The van der Waals surface area contributed by atoms with Crippen molar-refractivity contribution in [3.8, 4) is 0 Å². The van der Waals surface area contributed by atoms with Gasteiger partial charge in [0.1, 0.15) is 6.04 Å². The van der Waals surface area contributed by atoms with Crippen molar-refractivity contribution in [3.63, 3.8) is 0 Å². The highest BCUT2D eigenvalue weighted by atomic mass is 16.1. The Balaban J connectivity index is 2.65. The number of rotatable bonds is 2. The summed E-state index contributed by atoms with van der Waals surface area (Å²) in [5.74, 6) is -0.576. The highest BCUT2D eigenvalue weighted by molar-refractivity contribution is 5.90. The summed E-state index contributed by atoms with van der Waals surface area (Å²) in [5.41, 5.74) is 11.4. The summed E-state index contributed by atoms with van der Waals surface area (Å²) in [6.45, 7) is 0. The van der Waals surface area contributed by atoms with E-state index in [0.717, 1.165) is 10.8 Å². The largest absolute Gasteiger partial charge is 0.368 e. The van der Waals surface area contributed by atoms with E-state index in [4.69, 9.17) is 11.5 Å². The molecule has 2 aromatic heterocycles. The number of pyridine rings is 2. The molecule has 0 aliphatic heterocycles. The number of fused-ring (bicyclic) bond motifs is 1. The van der Waals surface area contributed by atoms with Crippen LogP contribution in [0.15, 0.2) is 30.9 Å². The van der Waals surface area contributed by atoms with Crippen molar-refractivity contribution in [1.29, 1.82) is 0 Å². The van der Waals surface area contributed by atoms with Crippen LogP contribution in [0.2, 0.25) is 0 Å². The van der Waals surface area contributed by atoms with Crippen molar-refractivity contribution in [2.75, 3.05) is 0 Å². The van der Waals surface area contributed by atoms with E-state index in [0.29, 0.717) is 5.56 Å². The average Bonchev–Trinajstić information content (AvgIpc) is 2.27. The van der Waals surface area contributed by atoms with Crippen molar-refractivity contribution < 1.29 is 4.79 Å². The van der Waals surface area contributed by atoms with Crippen molar-refractivity contribution in [2.24, 2.45) is 11.5 Å². The molecule has 5 heteroatoms. The van der Waals surface area contributed by atoms with Gasteiger partial charge in [-0.2, -0.15) is 0 Å². The summed E-state index contributed by atoms with van der Waals surface area (Å²) in [7, 11) is 0. The number of carbonyl (C=O) groups is 1. The molecule has 76 valence electrons. The first-order valence-electron chi connectivity index (χ1n) is 4.42. The number of hydrogen-bond donors (Lipinski definition) is 2. The SMILES string of the molecule is NC(=O)C(N)c1cncc2ccncc12. The number of primary amides is 1. The van der Waals surface area contributed by atoms with Crippen LogP contribution in [0.1, 0.15) is 11.6 Å². The van der Waals surface area contributed by atoms with Gasteiger partial charge in [0, 0.05) is 41.1 Å². The maximum atomic E-state index is 11.0. The zero-order valence-corrected chi connectivity index (χ0v) is 7.92. The highest BCUT2D eigenvalue weighted by Crippen LogP contribution is 2.20. The van der Waals surface area contributed by atoms with Gasteiger partial charge in [-0.1, -0.05) is 0 Å². The first-order valence-corrected chi connectivity index (χ1v) is 4.42. The fourth-order valence-corrected chi connectivity index (χ4v) is 1.43.